The van der Waals surface area contributed by atoms with Crippen LogP contribution in [0.5, 0.6) is 0 Å². The number of hydrogen-bond donors (Lipinski definition) is 1. The molecule has 0 radical (unpaired) electrons. The molecule has 17 heavy (non-hydrogen) atoms. The Bertz CT molecular complexity index is 404. The molecule has 0 aliphatic heterocycles. The number of nitrogens with two attached hydrogens (primary N) is 1. The van der Waals surface area contributed by atoms with Crippen LogP contribution in [0.2, 0.25) is 0 Å². The molecule has 4 nitrogen and oxygen atoms in total. The monoisotopic (exact) mass is 252 g/mol. The standard InChI is InChI=1S/C12H20N4S/c1-8-10(13)14-11(9-4-5-9)15-12(8)16(2)6-7-17-3/h9H,4-7H2,1-3H3,(H2,13,14,15). The minimum absolute atomic E-state index is 0.547. The first-order valence-electron chi connectivity index (χ1n) is 5.97. The van der Waals surface area contributed by atoms with Gasteiger partial charge in [-0.15, -0.1) is 0 Å². The van der Waals surface area contributed by atoms with Crippen LogP contribution >= 0.6 is 11.8 Å². The van der Waals surface area contributed by atoms with Gasteiger partial charge >= 0.3 is 0 Å². The van der Waals surface area contributed by atoms with Gasteiger partial charge in [-0.3, -0.25) is 0 Å². The van der Waals surface area contributed by atoms with Crippen LogP contribution in [0.3, 0.4) is 0 Å². The molecule has 2 rings (SSSR count). The van der Waals surface area contributed by atoms with Gasteiger partial charge in [-0.1, -0.05) is 0 Å². The first-order chi connectivity index (χ1) is 8.13. The molecule has 1 saturated carbocycles. The SMILES string of the molecule is CSCCN(C)c1nc(C2CC2)nc(N)c1C. The average Bonchev–Trinajstić information content (AvgIpc) is 3.13. The Morgan fingerprint density at radius 3 is 2.71 bits per heavy atom. The maximum absolute atomic E-state index is 5.97. The smallest absolute Gasteiger partial charge is 0.137 e. The van der Waals surface area contributed by atoms with Crippen LogP contribution < -0.4 is 10.6 Å². The highest BCUT2D eigenvalue weighted by atomic mass is 32.2. The van der Waals surface area contributed by atoms with Gasteiger partial charge < -0.3 is 10.6 Å². The molecule has 1 aliphatic carbocycles. The molecule has 0 amide bonds. The lowest BCUT2D eigenvalue weighted by Gasteiger charge is -2.21. The number of rotatable bonds is 5. The van der Waals surface area contributed by atoms with E-state index in [4.69, 9.17) is 5.73 Å². The van der Waals surface area contributed by atoms with Crippen LogP contribution in [0.4, 0.5) is 11.6 Å². The summed E-state index contributed by atoms with van der Waals surface area (Å²) in [5.41, 5.74) is 6.97. The molecule has 0 bridgehead atoms. The van der Waals surface area contributed by atoms with E-state index in [2.05, 4.69) is 28.2 Å². The van der Waals surface area contributed by atoms with E-state index in [9.17, 15) is 0 Å². The number of nitrogen functional groups attached to an aromatic ring is 1. The van der Waals surface area contributed by atoms with Crippen molar-refractivity contribution in [2.45, 2.75) is 25.7 Å². The summed E-state index contributed by atoms with van der Waals surface area (Å²) in [7, 11) is 2.07. The quantitative estimate of drug-likeness (QED) is 0.869. The summed E-state index contributed by atoms with van der Waals surface area (Å²) in [4.78, 5) is 11.2. The Balaban J connectivity index is 2.24. The zero-order chi connectivity index (χ0) is 12.4. The van der Waals surface area contributed by atoms with Crippen molar-refractivity contribution in [3.05, 3.63) is 11.4 Å². The first-order valence-corrected chi connectivity index (χ1v) is 7.37. The number of hydrogen-bond acceptors (Lipinski definition) is 5. The number of thioether (sulfide) groups is 1. The normalized spacial score (nSPS) is 15.0. The molecule has 5 heteroatoms. The maximum atomic E-state index is 5.97. The van der Waals surface area contributed by atoms with E-state index in [1.807, 2.05) is 18.7 Å². The summed E-state index contributed by atoms with van der Waals surface area (Å²) >= 11 is 1.84. The van der Waals surface area contributed by atoms with E-state index in [0.29, 0.717) is 11.7 Å². The van der Waals surface area contributed by atoms with E-state index >= 15 is 0 Å². The molecule has 0 unspecified atom stereocenters. The van der Waals surface area contributed by atoms with Gasteiger partial charge in [0, 0.05) is 30.8 Å². The molecule has 2 N–H and O–H groups in total. The van der Waals surface area contributed by atoms with Crippen LogP contribution in [0.15, 0.2) is 0 Å². The van der Waals surface area contributed by atoms with Crippen molar-refractivity contribution >= 4 is 23.4 Å². The van der Waals surface area contributed by atoms with Crippen molar-refractivity contribution < 1.29 is 0 Å². The second-order valence-corrected chi connectivity index (χ2v) is 5.59. The van der Waals surface area contributed by atoms with Gasteiger partial charge in [0.1, 0.15) is 17.5 Å². The van der Waals surface area contributed by atoms with Crippen LogP contribution in [-0.2, 0) is 0 Å². The van der Waals surface area contributed by atoms with Crippen molar-refractivity contribution in [3.8, 4) is 0 Å². The fraction of sp³-hybridized carbons (Fsp3) is 0.667. The molecule has 1 fully saturated rings. The van der Waals surface area contributed by atoms with Gasteiger partial charge in [0.25, 0.3) is 0 Å². The molecule has 1 aromatic rings. The van der Waals surface area contributed by atoms with Crippen LogP contribution in [0.1, 0.15) is 30.1 Å². The van der Waals surface area contributed by atoms with Crippen molar-refractivity contribution in [2.75, 3.05) is 36.2 Å². The highest BCUT2D eigenvalue weighted by Gasteiger charge is 2.28. The summed E-state index contributed by atoms with van der Waals surface area (Å²) < 4.78 is 0. The molecule has 0 atom stereocenters. The third-order valence-corrected chi connectivity index (χ3v) is 3.70. The fourth-order valence-electron chi connectivity index (χ4n) is 1.77. The molecule has 94 valence electrons. The molecule has 0 spiro atoms. The molecule has 1 heterocycles. The third-order valence-electron chi connectivity index (χ3n) is 3.11. The summed E-state index contributed by atoms with van der Waals surface area (Å²) in [6.45, 7) is 2.99. The second-order valence-electron chi connectivity index (χ2n) is 4.60. The topological polar surface area (TPSA) is 55.0 Å². The van der Waals surface area contributed by atoms with E-state index in [0.717, 1.165) is 29.5 Å². The summed E-state index contributed by atoms with van der Waals surface area (Å²) in [5.74, 6) is 4.20. The van der Waals surface area contributed by atoms with E-state index in [1.165, 1.54) is 12.8 Å². The van der Waals surface area contributed by atoms with Crippen molar-refractivity contribution in [1.82, 2.24) is 9.97 Å². The molecular formula is C12H20N4S. The predicted molar refractivity (Wildman–Crippen MR) is 74.8 cm³/mol. The predicted octanol–water partition coefficient (Wildman–Crippen LogP) is 2.04. The van der Waals surface area contributed by atoms with E-state index in [1.54, 1.807) is 0 Å². The van der Waals surface area contributed by atoms with Gasteiger partial charge in [-0.2, -0.15) is 11.8 Å². The average molecular weight is 252 g/mol. The van der Waals surface area contributed by atoms with E-state index < -0.39 is 0 Å². The number of anilines is 2. The Labute approximate surface area is 107 Å². The number of nitrogens with zero attached hydrogens (tertiary/aromatic N) is 3. The molecular weight excluding hydrogens is 232 g/mol. The molecule has 0 aromatic carbocycles. The minimum Gasteiger partial charge on any atom is -0.383 e. The fourth-order valence-corrected chi connectivity index (χ4v) is 2.23. The molecule has 1 aromatic heterocycles. The highest BCUT2D eigenvalue weighted by molar-refractivity contribution is 7.98. The van der Waals surface area contributed by atoms with Gasteiger partial charge in [0.05, 0.1) is 0 Å². The third kappa shape index (κ3) is 2.83. The van der Waals surface area contributed by atoms with Gasteiger partial charge in [0.2, 0.25) is 0 Å². The van der Waals surface area contributed by atoms with Crippen molar-refractivity contribution in [2.24, 2.45) is 0 Å². The van der Waals surface area contributed by atoms with Gasteiger partial charge in [-0.05, 0) is 26.0 Å². The van der Waals surface area contributed by atoms with Crippen LogP contribution in [0, 0.1) is 6.92 Å². The van der Waals surface area contributed by atoms with E-state index in [-0.39, 0.29) is 0 Å². The summed E-state index contributed by atoms with van der Waals surface area (Å²) in [6, 6.07) is 0. The van der Waals surface area contributed by atoms with Crippen LogP contribution in [0.25, 0.3) is 0 Å². The maximum Gasteiger partial charge on any atom is 0.137 e. The van der Waals surface area contributed by atoms with Gasteiger partial charge in [0.15, 0.2) is 0 Å². The Morgan fingerprint density at radius 1 is 1.41 bits per heavy atom. The Kier molecular flexibility index (Phi) is 3.76. The number of aromatic nitrogens is 2. The highest BCUT2D eigenvalue weighted by Crippen LogP contribution is 2.39. The first kappa shape index (κ1) is 12.5. The minimum atomic E-state index is 0.547. The van der Waals surface area contributed by atoms with Crippen molar-refractivity contribution in [1.29, 1.82) is 0 Å². The second kappa shape index (κ2) is 5.12. The zero-order valence-corrected chi connectivity index (χ0v) is 11.5. The van der Waals surface area contributed by atoms with Gasteiger partial charge in [-0.25, -0.2) is 9.97 Å². The lowest BCUT2D eigenvalue weighted by molar-refractivity contribution is 0.871. The summed E-state index contributed by atoms with van der Waals surface area (Å²) in [6.07, 6.45) is 4.53. The Morgan fingerprint density at radius 2 is 2.12 bits per heavy atom. The summed E-state index contributed by atoms with van der Waals surface area (Å²) in [5, 5.41) is 0. The van der Waals surface area contributed by atoms with Crippen LogP contribution in [-0.4, -0.2) is 35.6 Å². The molecule has 1 aliphatic rings. The molecule has 0 saturated heterocycles. The lowest BCUT2D eigenvalue weighted by Crippen LogP contribution is -2.23. The zero-order valence-electron chi connectivity index (χ0n) is 10.7. The Hall–Kier alpha value is -0.970. The largest absolute Gasteiger partial charge is 0.383 e. The van der Waals surface area contributed by atoms with Crippen molar-refractivity contribution in [3.63, 3.8) is 0 Å². The lowest BCUT2D eigenvalue weighted by atomic mass is 10.2.